The molecule has 39 heavy (non-hydrogen) atoms. The minimum Gasteiger partial charge on any atom is -0.494 e. The van der Waals surface area contributed by atoms with E-state index in [2.05, 4.69) is 10.6 Å². The SMILES string of the molecule is CCOc1ccc(N(CC(=O)Nc2ccccc2C(=O)NCc2ccco2)S(=O)(=O)c2ccc(Cl)cc2)cc1. The summed E-state index contributed by atoms with van der Waals surface area (Å²) in [5.74, 6) is 0.0551. The van der Waals surface area contributed by atoms with Crippen molar-refractivity contribution in [3.63, 3.8) is 0 Å². The Bertz CT molecular complexity index is 1520. The first-order valence-corrected chi connectivity index (χ1v) is 13.8. The van der Waals surface area contributed by atoms with E-state index >= 15 is 0 Å². The number of anilines is 2. The van der Waals surface area contributed by atoms with Gasteiger partial charge in [-0.25, -0.2) is 8.42 Å². The van der Waals surface area contributed by atoms with Crippen molar-refractivity contribution in [1.29, 1.82) is 0 Å². The standard InChI is InChI=1S/C28H26ClN3O6S/c1-2-37-22-13-11-21(12-14-22)32(39(35,36)24-15-9-20(29)10-16-24)19-27(33)31-26-8-4-3-7-25(26)28(34)30-18-23-6-5-17-38-23/h3-17H,2,18-19H2,1H3,(H,30,34)(H,31,33). The Hall–Kier alpha value is -4.28. The van der Waals surface area contributed by atoms with Crippen LogP contribution in [0.15, 0.2) is 101 Å². The third-order valence-corrected chi connectivity index (χ3v) is 7.61. The van der Waals surface area contributed by atoms with Gasteiger partial charge in [-0.15, -0.1) is 0 Å². The topological polar surface area (TPSA) is 118 Å². The van der Waals surface area contributed by atoms with Crippen LogP contribution in [0.4, 0.5) is 11.4 Å². The van der Waals surface area contributed by atoms with Gasteiger partial charge in [0.15, 0.2) is 0 Å². The molecule has 0 saturated heterocycles. The zero-order valence-electron chi connectivity index (χ0n) is 21.0. The van der Waals surface area contributed by atoms with Gasteiger partial charge in [0.25, 0.3) is 15.9 Å². The fraction of sp³-hybridized carbons (Fsp3) is 0.143. The summed E-state index contributed by atoms with van der Waals surface area (Å²) in [5.41, 5.74) is 0.702. The Labute approximate surface area is 231 Å². The van der Waals surface area contributed by atoms with Crippen molar-refractivity contribution in [3.8, 4) is 5.75 Å². The summed E-state index contributed by atoms with van der Waals surface area (Å²) < 4.78 is 38.9. The molecule has 1 aromatic heterocycles. The fourth-order valence-electron chi connectivity index (χ4n) is 3.71. The van der Waals surface area contributed by atoms with Gasteiger partial charge in [0.05, 0.1) is 41.2 Å². The average molecular weight is 568 g/mol. The van der Waals surface area contributed by atoms with Gasteiger partial charge in [0, 0.05) is 5.02 Å². The van der Waals surface area contributed by atoms with Crippen LogP contribution < -0.4 is 19.7 Å². The number of sulfonamides is 1. The van der Waals surface area contributed by atoms with Crippen LogP contribution in [-0.2, 0) is 21.4 Å². The molecule has 202 valence electrons. The molecular formula is C28H26ClN3O6S. The number of amides is 2. The molecule has 0 aliphatic heterocycles. The van der Waals surface area contributed by atoms with E-state index in [1.807, 2.05) is 6.92 Å². The van der Waals surface area contributed by atoms with E-state index in [1.165, 1.54) is 30.5 Å². The zero-order chi connectivity index (χ0) is 27.8. The van der Waals surface area contributed by atoms with Crippen LogP contribution >= 0.6 is 11.6 Å². The molecule has 0 aliphatic rings. The molecule has 4 aromatic rings. The molecule has 2 N–H and O–H groups in total. The van der Waals surface area contributed by atoms with Crippen molar-refractivity contribution >= 4 is 44.8 Å². The molecule has 1 heterocycles. The summed E-state index contributed by atoms with van der Waals surface area (Å²) in [7, 11) is -4.16. The van der Waals surface area contributed by atoms with Gasteiger partial charge in [-0.1, -0.05) is 23.7 Å². The maximum Gasteiger partial charge on any atom is 0.264 e. The molecule has 0 bridgehead atoms. The molecule has 4 rings (SSSR count). The molecule has 0 saturated carbocycles. The van der Waals surface area contributed by atoms with Crippen LogP contribution in [0.5, 0.6) is 5.75 Å². The molecular weight excluding hydrogens is 542 g/mol. The highest BCUT2D eigenvalue weighted by molar-refractivity contribution is 7.92. The predicted molar refractivity (Wildman–Crippen MR) is 149 cm³/mol. The second-order valence-corrected chi connectivity index (χ2v) is 10.5. The minimum atomic E-state index is -4.16. The fourth-order valence-corrected chi connectivity index (χ4v) is 5.26. The Kier molecular flexibility index (Phi) is 8.90. The number of carbonyl (C=O) groups is 2. The number of benzene rings is 3. The lowest BCUT2D eigenvalue weighted by Gasteiger charge is -2.24. The Morgan fingerprint density at radius 3 is 2.33 bits per heavy atom. The van der Waals surface area contributed by atoms with Crippen molar-refractivity contribution < 1.29 is 27.2 Å². The van der Waals surface area contributed by atoms with Gasteiger partial charge in [-0.05, 0) is 79.7 Å². The largest absolute Gasteiger partial charge is 0.494 e. The number of rotatable bonds is 11. The van der Waals surface area contributed by atoms with Crippen molar-refractivity contribution in [2.45, 2.75) is 18.4 Å². The number of ether oxygens (including phenoxy) is 1. The number of furan rings is 1. The Morgan fingerprint density at radius 2 is 1.67 bits per heavy atom. The lowest BCUT2D eigenvalue weighted by atomic mass is 10.1. The highest BCUT2D eigenvalue weighted by Crippen LogP contribution is 2.27. The van der Waals surface area contributed by atoms with E-state index < -0.39 is 28.4 Å². The van der Waals surface area contributed by atoms with Gasteiger partial charge < -0.3 is 19.8 Å². The quantitative estimate of drug-likeness (QED) is 0.260. The highest BCUT2D eigenvalue weighted by Gasteiger charge is 2.28. The molecule has 0 unspecified atom stereocenters. The Morgan fingerprint density at radius 1 is 0.949 bits per heavy atom. The van der Waals surface area contributed by atoms with Gasteiger partial charge in [0.1, 0.15) is 18.1 Å². The van der Waals surface area contributed by atoms with Gasteiger partial charge in [-0.2, -0.15) is 0 Å². The van der Waals surface area contributed by atoms with E-state index in [0.717, 1.165) is 4.31 Å². The Balaban J connectivity index is 1.57. The molecule has 3 aromatic carbocycles. The second-order valence-electron chi connectivity index (χ2n) is 8.25. The van der Waals surface area contributed by atoms with Crippen LogP contribution in [0.25, 0.3) is 0 Å². The third-order valence-electron chi connectivity index (χ3n) is 5.57. The first-order valence-electron chi connectivity index (χ1n) is 12.0. The molecule has 9 nitrogen and oxygen atoms in total. The van der Waals surface area contributed by atoms with Crippen molar-refractivity contribution in [1.82, 2.24) is 5.32 Å². The molecule has 0 atom stereocenters. The maximum atomic E-state index is 13.6. The average Bonchev–Trinajstić information content (AvgIpc) is 3.45. The van der Waals surface area contributed by atoms with E-state index in [-0.39, 0.29) is 28.4 Å². The number of carbonyl (C=O) groups excluding carboxylic acids is 2. The van der Waals surface area contributed by atoms with Gasteiger partial charge in [0.2, 0.25) is 5.91 Å². The molecule has 0 aliphatic carbocycles. The molecule has 0 spiro atoms. The van der Waals surface area contributed by atoms with Gasteiger partial charge in [-0.3, -0.25) is 13.9 Å². The first kappa shape index (κ1) is 27.7. The lowest BCUT2D eigenvalue weighted by Crippen LogP contribution is -2.38. The van der Waals surface area contributed by atoms with Crippen LogP contribution in [0.3, 0.4) is 0 Å². The number of halogens is 1. The molecule has 0 fully saturated rings. The highest BCUT2D eigenvalue weighted by atomic mass is 35.5. The van der Waals surface area contributed by atoms with Crippen LogP contribution in [0, 0.1) is 0 Å². The zero-order valence-corrected chi connectivity index (χ0v) is 22.5. The summed E-state index contributed by atoms with van der Waals surface area (Å²) in [6.07, 6.45) is 1.50. The van der Waals surface area contributed by atoms with Crippen molar-refractivity contribution in [2.24, 2.45) is 0 Å². The number of hydrogen-bond acceptors (Lipinski definition) is 6. The molecule has 0 radical (unpaired) electrons. The monoisotopic (exact) mass is 567 g/mol. The normalized spacial score (nSPS) is 11.0. The van der Waals surface area contributed by atoms with Crippen molar-refractivity contribution in [3.05, 3.63) is 108 Å². The summed E-state index contributed by atoms with van der Waals surface area (Å²) in [5, 5.41) is 5.78. The van der Waals surface area contributed by atoms with Gasteiger partial charge >= 0.3 is 0 Å². The second kappa shape index (κ2) is 12.5. The van der Waals surface area contributed by atoms with E-state index in [9.17, 15) is 18.0 Å². The third kappa shape index (κ3) is 6.98. The minimum absolute atomic E-state index is 0.0358. The van der Waals surface area contributed by atoms with E-state index in [0.29, 0.717) is 23.1 Å². The molecule has 2 amide bonds. The van der Waals surface area contributed by atoms with Crippen molar-refractivity contribution in [2.75, 3.05) is 22.8 Å². The van der Waals surface area contributed by atoms with Crippen LogP contribution in [0.2, 0.25) is 5.02 Å². The molecule has 11 heteroatoms. The first-order chi connectivity index (χ1) is 18.8. The maximum absolute atomic E-state index is 13.6. The number of nitrogens with zero attached hydrogens (tertiary/aromatic N) is 1. The predicted octanol–water partition coefficient (Wildman–Crippen LogP) is 5.10. The van der Waals surface area contributed by atoms with Crippen LogP contribution in [0.1, 0.15) is 23.0 Å². The number of para-hydroxylation sites is 1. The number of nitrogens with one attached hydrogen (secondary N) is 2. The summed E-state index contributed by atoms with van der Waals surface area (Å²) in [6.45, 7) is 1.90. The smallest absolute Gasteiger partial charge is 0.264 e. The van der Waals surface area contributed by atoms with Crippen LogP contribution in [-0.4, -0.2) is 33.4 Å². The van der Waals surface area contributed by atoms with E-state index in [1.54, 1.807) is 60.7 Å². The van der Waals surface area contributed by atoms with E-state index in [4.69, 9.17) is 20.8 Å². The summed E-state index contributed by atoms with van der Waals surface area (Å²) in [6, 6.07) is 21.9. The summed E-state index contributed by atoms with van der Waals surface area (Å²) >= 11 is 5.95. The lowest BCUT2D eigenvalue weighted by molar-refractivity contribution is -0.114. The number of hydrogen-bond donors (Lipinski definition) is 2. The summed E-state index contributed by atoms with van der Waals surface area (Å²) in [4.78, 5) is 26.0.